The Hall–Kier alpha value is -2.28. The molecule has 7 nitrogen and oxygen atoms in total. The van der Waals surface area contributed by atoms with Crippen LogP contribution < -0.4 is 0 Å². The second-order valence-electron chi connectivity index (χ2n) is 7.45. The molecule has 1 saturated carbocycles. The largest absolute Gasteiger partial charge is 0.515 e. The van der Waals surface area contributed by atoms with Crippen LogP contribution in [0.3, 0.4) is 0 Å². The molecule has 144 valence electrons. The number of carboxylic acids is 1. The van der Waals surface area contributed by atoms with Gasteiger partial charge in [-0.1, -0.05) is 13.8 Å². The summed E-state index contributed by atoms with van der Waals surface area (Å²) in [5, 5.41) is 22.0. The van der Waals surface area contributed by atoms with Crippen molar-refractivity contribution < 1.29 is 19.8 Å². The lowest BCUT2D eigenvalue weighted by Crippen LogP contribution is -2.46. The number of rotatable bonds is 7. The fourth-order valence-electron chi connectivity index (χ4n) is 3.32. The fraction of sp³-hybridized carbons (Fsp3) is 0.579. The minimum Gasteiger partial charge on any atom is -0.515 e. The predicted octanol–water partition coefficient (Wildman–Crippen LogP) is 2.36. The molecule has 7 heteroatoms. The SMILES string of the molecule is CC(C)CN(C)C1=C(/C=C/C(=O)O)C(C)N(C)N1C(=O)C(=CO)C1CC1. The minimum atomic E-state index is -1.03. The number of likely N-dealkylation sites (N-methyl/N-ethyl adjacent to an activating group) is 1. The first-order valence-electron chi connectivity index (χ1n) is 8.96. The van der Waals surface area contributed by atoms with E-state index in [1.807, 2.05) is 18.9 Å². The Morgan fingerprint density at radius 1 is 1.35 bits per heavy atom. The van der Waals surface area contributed by atoms with E-state index >= 15 is 0 Å². The van der Waals surface area contributed by atoms with Crippen molar-refractivity contribution in [2.45, 2.75) is 39.7 Å². The zero-order valence-corrected chi connectivity index (χ0v) is 16.1. The van der Waals surface area contributed by atoms with Crippen molar-refractivity contribution in [3.8, 4) is 0 Å². The highest BCUT2D eigenvalue weighted by Gasteiger charge is 2.42. The van der Waals surface area contributed by atoms with Gasteiger partial charge in [0, 0.05) is 32.3 Å². The van der Waals surface area contributed by atoms with Gasteiger partial charge in [-0.15, -0.1) is 0 Å². The first-order chi connectivity index (χ1) is 12.2. The van der Waals surface area contributed by atoms with Crippen molar-refractivity contribution in [2.24, 2.45) is 11.8 Å². The molecule has 1 aliphatic carbocycles. The van der Waals surface area contributed by atoms with Crippen LogP contribution in [0.4, 0.5) is 0 Å². The monoisotopic (exact) mass is 363 g/mol. The molecule has 1 heterocycles. The Bertz CT molecular complexity index is 662. The Morgan fingerprint density at radius 3 is 2.42 bits per heavy atom. The zero-order chi connectivity index (χ0) is 19.6. The predicted molar refractivity (Wildman–Crippen MR) is 98.8 cm³/mol. The summed E-state index contributed by atoms with van der Waals surface area (Å²) in [4.78, 5) is 26.1. The zero-order valence-electron chi connectivity index (χ0n) is 16.1. The molecule has 0 spiro atoms. The third-order valence-electron chi connectivity index (χ3n) is 4.79. The molecule has 2 rings (SSSR count). The number of aliphatic hydroxyl groups excluding tert-OH is 1. The van der Waals surface area contributed by atoms with E-state index in [0.717, 1.165) is 30.8 Å². The normalized spacial score (nSPS) is 22.0. The molecule has 0 aromatic rings. The summed E-state index contributed by atoms with van der Waals surface area (Å²) in [7, 11) is 3.70. The van der Waals surface area contributed by atoms with Gasteiger partial charge in [-0.2, -0.15) is 0 Å². The second-order valence-corrected chi connectivity index (χ2v) is 7.45. The van der Waals surface area contributed by atoms with Crippen LogP contribution in [0.25, 0.3) is 0 Å². The molecule has 0 radical (unpaired) electrons. The Balaban J connectivity index is 2.48. The van der Waals surface area contributed by atoms with Crippen molar-refractivity contribution in [1.29, 1.82) is 0 Å². The maximum absolute atomic E-state index is 13.2. The molecule has 1 aliphatic heterocycles. The number of hydrogen-bond donors (Lipinski definition) is 2. The summed E-state index contributed by atoms with van der Waals surface area (Å²) in [5.41, 5.74) is 1.17. The highest BCUT2D eigenvalue weighted by Crippen LogP contribution is 2.40. The number of aliphatic carboxylic acids is 1. The van der Waals surface area contributed by atoms with Crippen LogP contribution in [-0.4, -0.2) is 63.7 Å². The molecule has 0 bridgehead atoms. The number of carbonyl (C=O) groups is 2. The van der Waals surface area contributed by atoms with E-state index in [9.17, 15) is 14.7 Å². The topological polar surface area (TPSA) is 84.3 Å². The summed E-state index contributed by atoms with van der Waals surface area (Å²) >= 11 is 0. The van der Waals surface area contributed by atoms with Gasteiger partial charge in [0.2, 0.25) is 0 Å². The molecule has 2 N–H and O–H groups in total. The lowest BCUT2D eigenvalue weighted by molar-refractivity contribution is -0.140. The molecule has 1 fully saturated rings. The number of nitrogens with zero attached hydrogens (tertiary/aromatic N) is 3. The third-order valence-corrected chi connectivity index (χ3v) is 4.79. The van der Waals surface area contributed by atoms with E-state index < -0.39 is 5.97 Å². The second kappa shape index (κ2) is 7.95. The molecule has 0 saturated heterocycles. The van der Waals surface area contributed by atoms with Gasteiger partial charge in [0.1, 0.15) is 5.82 Å². The van der Waals surface area contributed by atoms with Crippen molar-refractivity contribution >= 4 is 11.9 Å². The van der Waals surface area contributed by atoms with Crippen LogP contribution in [0.1, 0.15) is 33.6 Å². The van der Waals surface area contributed by atoms with Gasteiger partial charge in [-0.25, -0.2) is 14.8 Å². The summed E-state index contributed by atoms with van der Waals surface area (Å²) in [6.45, 7) is 6.81. The molecule has 1 atom stereocenters. The van der Waals surface area contributed by atoms with Crippen molar-refractivity contribution in [1.82, 2.24) is 14.9 Å². The molecule has 1 unspecified atom stereocenters. The molecule has 0 aromatic carbocycles. The average Bonchev–Trinajstić information content (AvgIpc) is 3.33. The molecule has 26 heavy (non-hydrogen) atoms. The number of hydrogen-bond acceptors (Lipinski definition) is 5. The van der Waals surface area contributed by atoms with Gasteiger partial charge in [-0.05, 0) is 37.7 Å². The van der Waals surface area contributed by atoms with E-state index in [2.05, 4.69) is 13.8 Å². The Kier molecular flexibility index (Phi) is 6.13. The maximum Gasteiger partial charge on any atom is 0.328 e. The van der Waals surface area contributed by atoms with Crippen molar-refractivity contribution in [3.63, 3.8) is 0 Å². The molecular weight excluding hydrogens is 334 g/mol. The first-order valence-corrected chi connectivity index (χ1v) is 8.96. The molecule has 2 aliphatic rings. The molecule has 0 aromatic heterocycles. The fourth-order valence-corrected chi connectivity index (χ4v) is 3.32. The standard InChI is InChI=1S/C19H29N3O4/c1-12(2)10-20(4)18-15(8-9-17(24)25)13(3)21(5)22(18)19(26)16(11-23)14-6-7-14/h8-9,11-14,23H,6-7,10H2,1-5H3,(H,24,25)/b9-8+,16-11?. The van der Waals surface area contributed by atoms with E-state index in [0.29, 0.717) is 23.9 Å². The Labute approximate surface area is 154 Å². The van der Waals surface area contributed by atoms with Crippen molar-refractivity contribution in [2.75, 3.05) is 20.6 Å². The first kappa shape index (κ1) is 20.0. The Morgan fingerprint density at radius 2 is 1.96 bits per heavy atom. The highest BCUT2D eigenvalue weighted by atomic mass is 16.4. The van der Waals surface area contributed by atoms with E-state index in [-0.39, 0.29) is 17.9 Å². The van der Waals surface area contributed by atoms with Gasteiger partial charge >= 0.3 is 5.97 Å². The lowest BCUT2D eigenvalue weighted by atomic mass is 10.1. The molecular formula is C19H29N3O4. The summed E-state index contributed by atoms with van der Waals surface area (Å²) in [6, 6.07) is -0.168. The number of amides is 1. The van der Waals surface area contributed by atoms with Crippen LogP contribution in [-0.2, 0) is 9.59 Å². The summed E-state index contributed by atoms with van der Waals surface area (Å²) in [5.74, 6) is -0.153. The quantitative estimate of drug-likeness (QED) is 0.534. The van der Waals surface area contributed by atoms with Gasteiger partial charge in [0.05, 0.1) is 17.9 Å². The summed E-state index contributed by atoms with van der Waals surface area (Å²) in [6.07, 6.45) is 5.38. The van der Waals surface area contributed by atoms with Gasteiger partial charge in [-0.3, -0.25) is 4.79 Å². The maximum atomic E-state index is 13.2. The minimum absolute atomic E-state index is 0.103. The number of carbonyl (C=O) groups excluding carboxylic acids is 1. The van der Waals surface area contributed by atoms with Crippen LogP contribution in [0, 0.1) is 11.8 Å². The van der Waals surface area contributed by atoms with Gasteiger partial charge < -0.3 is 15.1 Å². The number of carboxylic acid groups (broad SMARTS) is 1. The van der Waals surface area contributed by atoms with Crippen LogP contribution in [0.15, 0.2) is 35.4 Å². The van der Waals surface area contributed by atoms with Crippen LogP contribution >= 0.6 is 0 Å². The van der Waals surface area contributed by atoms with Crippen molar-refractivity contribution in [3.05, 3.63) is 35.4 Å². The smallest absolute Gasteiger partial charge is 0.328 e. The van der Waals surface area contributed by atoms with Gasteiger partial charge in [0.15, 0.2) is 0 Å². The summed E-state index contributed by atoms with van der Waals surface area (Å²) < 4.78 is 0. The van der Waals surface area contributed by atoms with Gasteiger partial charge in [0.25, 0.3) is 5.91 Å². The van der Waals surface area contributed by atoms with E-state index in [4.69, 9.17) is 5.11 Å². The number of hydrazine groups is 1. The third kappa shape index (κ3) is 4.09. The average molecular weight is 363 g/mol. The van der Waals surface area contributed by atoms with Crippen LogP contribution in [0.5, 0.6) is 0 Å². The number of aliphatic hydroxyl groups is 1. The molecule has 1 amide bonds. The lowest BCUT2D eigenvalue weighted by Gasteiger charge is -2.34. The van der Waals surface area contributed by atoms with E-state index in [1.54, 1.807) is 23.1 Å². The highest BCUT2D eigenvalue weighted by molar-refractivity contribution is 5.95. The van der Waals surface area contributed by atoms with Crippen LogP contribution in [0.2, 0.25) is 0 Å². The van der Waals surface area contributed by atoms with E-state index in [1.165, 1.54) is 0 Å².